The van der Waals surface area contributed by atoms with Gasteiger partial charge in [0.1, 0.15) is 0 Å². The third-order valence-corrected chi connectivity index (χ3v) is 4.16. The lowest BCUT2D eigenvalue weighted by Crippen LogP contribution is -2.39. The molecule has 1 fully saturated rings. The summed E-state index contributed by atoms with van der Waals surface area (Å²) in [6.45, 7) is 0.209. The summed E-state index contributed by atoms with van der Waals surface area (Å²) < 4.78 is 4.70. The summed E-state index contributed by atoms with van der Waals surface area (Å²) in [5.74, 6) is -0.0678. The van der Waals surface area contributed by atoms with E-state index in [0.29, 0.717) is 0 Å². The Balaban J connectivity index is 2.29. The van der Waals surface area contributed by atoms with Gasteiger partial charge in [-0.15, -0.1) is 0 Å². The molecule has 94 valence electrons. The zero-order valence-electron chi connectivity index (χ0n) is 10.3. The number of aliphatic hydroxyl groups excluding tert-OH is 1. The zero-order valence-corrected chi connectivity index (χ0v) is 10.3. The topological polar surface area (TPSA) is 46.5 Å². The third kappa shape index (κ3) is 2.29. The molecule has 2 rings (SSSR count). The van der Waals surface area contributed by atoms with Crippen LogP contribution in [0, 0.1) is 11.3 Å². The molecule has 2 aliphatic rings. The second-order valence-corrected chi connectivity index (χ2v) is 5.06. The van der Waals surface area contributed by atoms with Crippen molar-refractivity contribution in [2.24, 2.45) is 11.3 Å². The molecule has 1 saturated carbocycles. The average Bonchev–Trinajstić information content (AvgIpc) is 2.39. The molecule has 0 aromatic rings. The summed E-state index contributed by atoms with van der Waals surface area (Å²) in [7, 11) is 1.40. The Bertz CT molecular complexity index is 356. The van der Waals surface area contributed by atoms with E-state index in [-0.39, 0.29) is 23.9 Å². The largest absolute Gasteiger partial charge is 0.466 e. The van der Waals surface area contributed by atoms with Crippen LogP contribution >= 0.6 is 0 Å². The fraction of sp³-hybridized carbons (Fsp3) is 0.643. The van der Waals surface area contributed by atoms with E-state index in [1.54, 1.807) is 6.08 Å². The molecule has 0 unspecified atom stereocenters. The standard InChI is InChI=1S/C14H20O3/c1-17-13(16)9-11-5-4-8-14(10-15)7-3-2-6-12(11)14/h2,6,9,12,15H,3-5,7-8,10H2,1H3/b11-9+/t12-,14-/m1/s1. The summed E-state index contributed by atoms with van der Waals surface area (Å²) in [6, 6.07) is 0. The van der Waals surface area contributed by atoms with Crippen molar-refractivity contribution < 1.29 is 14.6 Å². The molecular formula is C14H20O3. The van der Waals surface area contributed by atoms with Crippen molar-refractivity contribution in [1.29, 1.82) is 0 Å². The normalized spacial score (nSPS) is 34.5. The van der Waals surface area contributed by atoms with Gasteiger partial charge in [0.25, 0.3) is 0 Å². The Hall–Kier alpha value is -1.09. The number of rotatable bonds is 2. The quantitative estimate of drug-likeness (QED) is 0.454. The van der Waals surface area contributed by atoms with Crippen molar-refractivity contribution >= 4 is 5.97 Å². The molecule has 3 nitrogen and oxygen atoms in total. The molecule has 0 saturated heterocycles. The Morgan fingerprint density at radius 2 is 2.47 bits per heavy atom. The van der Waals surface area contributed by atoms with Crippen LogP contribution in [0.3, 0.4) is 0 Å². The maximum Gasteiger partial charge on any atom is 0.330 e. The van der Waals surface area contributed by atoms with Gasteiger partial charge < -0.3 is 9.84 Å². The van der Waals surface area contributed by atoms with Crippen LogP contribution in [0.1, 0.15) is 32.1 Å². The van der Waals surface area contributed by atoms with E-state index in [1.165, 1.54) is 7.11 Å². The number of allylic oxidation sites excluding steroid dienone is 3. The molecule has 1 N–H and O–H groups in total. The predicted octanol–water partition coefficient (Wildman–Crippen LogP) is 2.21. The first-order chi connectivity index (χ1) is 8.22. The smallest absolute Gasteiger partial charge is 0.330 e. The summed E-state index contributed by atoms with van der Waals surface area (Å²) in [4.78, 5) is 11.4. The molecule has 2 atom stereocenters. The van der Waals surface area contributed by atoms with Crippen LogP contribution in [0.15, 0.2) is 23.8 Å². The molecule has 0 heterocycles. The molecular weight excluding hydrogens is 216 g/mol. The van der Waals surface area contributed by atoms with E-state index in [2.05, 4.69) is 12.2 Å². The Labute approximate surface area is 102 Å². The minimum Gasteiger partial charge on any atom is -0.466 e. The fourth-order valence-corrected chi connectivity index (χ4v) is 3.19. The first-order valence-electron chi connectivity index (χ1n) is 6.28. The Morgan fingerprint density at radius 1 is 1.65 bits per heavy atom. The van der Waals surface area contributed by atoms with Crippen LogP contribution < -0.4 is 0 Å². The van der Waals surface area contributed by atoms with Crippen molar-refractivity contribution in [1.82, 2.24) is 0 Å². The average molecular weight is 236 g/mol. The number of methoxy groups -OCH3 is 1. The van der Waals surface area contributed by atoms with Crippen molar-refractivity contribution in [3.05, 3.63) is 23.8 Å². The SMILES string of the molecule is COC(=O)/C=C1\CCC[C@@]2(CO)CCC=C[C@H]12. The van der Waals surface area contributed by atoms with Gasteiger partial charge in [-0.1, -0.05) is 17.7 Å². The molecule has 0 radical (unpaired) electrons. The molecule has 17 heavy (non-hydrogen) atoms. The lowest BCUT2D eigenvalue weighted by Gasteiger charge is -2.45. The van der Waals surface area contributed by atoms with Gasteiger partial charge in [-0.2, -0.15) is 0 Å². The number of hydrogen-bond donors (Lipinski definition) is 1. The minimum atomic E-state index is -0.285. The third-order valence-electron chi connectivity index (χ3n) is 4.16. The molecule has 2 aliphatic carbocycles. The van der Waals surface area contributed by atoms with E-state index in [4.69, 9.17) is 4.74 Å². The minimum absolute atomic E-state index is 0.0349. The van der Waals surface area contributed by atoms with Crippen LogP contribution in [-0.2, 0) is 9.53 Å². The van der Waals surface area contributed by atoms with Gasteiger partial charge in [-0.25, -0.2) is 4.79 Å². The van der Waals surface area contributed by atoms with Gasteiger partial charge >= 0.3 is 5.97 Å². The van der Waals surface area contributed by atoms with Gasteiger partial charge in [0, 0.05) is 24.0 Å². The highest BCUT2D eigenvalue weighted by molar-refractivity contribution is 5.82. The highest BCUT2D eigenvalue weighted by Crippen LogP contribution is 2.49. The van der Waals surface area contributed by atoms with Crippen LogP contribution in [0.4, 0.5) is 0 Å². The number of esters is 1. The number of ether oxygens (including phenoxy) is 1. The fourth-order valence-electron chi connectivity index (χ4n) is 3.19. The predicted molar refractivity (Wildman–Crippen MR) is 65.3 cm³/mol. The van der Waals surface area contributed by atoms with Crippen LogP contribution in [0.25, 0.3) is 0 Å². The Kier molecular flexibility index (Phi) is 3.67. The second kappa shape index (κ2) is 5.05. The molecule has 0 aromatic heterocycles. The maximum absolute atomic E-state index is 11.4. The molecule has 3 heteroatoms. The van der Waals surface area contributed by atoms with Gasteiger partial charge in [0.15, 0.2) is 0 Å². The summed E-state index contributed by atoms with van der Waals surface area (Å²) in [6.07, 6.45) is 11.0. The van der Waals surface area contributed by atoms with Crippen LogP contribution in [-0.4, -0.2) is 24.8 Å². The monoisotopic (exact) mass is 236 g/mol. The van der Waals surface area contributed by atoms with E-state index in [0.717, 1.165) is 37.7 Å². The van der Waals surface area contributed by atoms with Crippen LogP contribution in [0.2, 0.25) is 0 Å². The van der Waals surface area contributed by atoms with Crippen molar-refractivity contribution in [2.75, 3.05) is 13.7 Å². The molecule has 0 aromatic carbocycles. The highest BCUT2D eigenvalue weighted by atomic mass is 16.5. The van der Waals surface area contributed by atoms with E-state index in [1.807, 2.05) is 0 Å². The lowest BCUT2D eigenvalue weighted by molar-refractivity contribution is -0.135. The highest BCUT2D eigenvalue weighted by Gasteiger charge is 2.42. The van der Waals surface area contributed by atoms with E-state index >= 15 is 0 Å². The van der Waals surface area contributed by atoms with Gasteiger partial charge in [0.05, 0.1) is 7.11 Å². The Morgan fingerprint density at radius 3 is 3.18 bits per heavy atom. The maximum atomic E-state index is 11.4. The second-order valence-electron chi connectivity index (χ2n) is 5.06. The van der Waals surface area contributed by atoms with Crippen molar-refractivity contribution in [2.45, 2.75) is 32.1 Å². The zero-order chi connectivity index (χ0) is 12.3. The van der Waals surface area contributed by atoms with Gasteiger partial charge in [0.2, 0.25) is 0 Å². The molecule has 0 amide bonds. The first kappa shape index (κ1) is 12.4. The first-order valence-corrected chi connectivity index (χ1v) is 6.28. The summed E-state index contributed by atoms with van der Waals surface area (Å²) in [5.41, 5.74) is 1.08. The molecule has 0 bridgehead atoms. The van der Waals surface area contributed by atoms with Crippen molar-refractivity contribution in [3.8, 4) is 0 Å². The molecule has 0 aliphatic heterocycles. The lowest BCUT2D eigenvalue weighted by atomic mass is 9.60. The summed E-state index contributed by atoms with van der Waals surface area (Å²) in [5, 5.41) is 9.71. The van der Waals surface area contributed by atoms with E-state index < -0.39 is 0 Å². The van der Waals surface area contributed by atoms with E-state index in [9.17, 15) is 9.90 Å². The number of carbonyl (C=O) groups excluding carboxylic acids is 1. The molecule has 0 spiro atoms. The number of fused-ring (bicyclic) bond motifs is 1. The number of hydrogen-bond acceptors (Lipinski definition) is 3. The number of aliphatic hydroxyl groups is 1. The summed E-state index contributed by atoms with van der Waals surface area (Å²) >= 11 is 0. The van der Waals surface area contributed by atoms with Crippen LogP contribution in [0.5, 0.6) is 0 Å². The van der Waals surface area contributed by atoms with Gasteiger partial charge in [-0.3, -0.25) is 0 Å². The number of carbonyl (C=O) groups is 1. The van der Waals surface area contributed by atoms with Crippen molar-refractivity contribution in [3.63, 3.8) is 0 Å². The van der Waals surface area contributed by atoms with Gasteiger partial charge in [-0.05, 0) is 32.1 Å².